The number of hydrogen-bond donors (Lipinski definition) is 0. The van der Waals surface area contributed by atoms with Gasteiger partial charge < -0.3 is 4.90 Å². The molecule has 0 aliphatic heterocycles. The number of benzene rings is 2. The topological polar surface area (TPSA) is 79.3 Å². The van der Waals surface area contributed by atoms with Crippen LogP contribution in [0.25, 0.3) is 21.6 Å². The molecule has 0 atom stereocenters. The first-order valence-electron chi connectivity index (χ1n) is 9.41. The summed E-state index contributed by atoms with van der Waals surface area (Å²) >= 11 is 7.32. The molecule has 0 N–H and O–H groups in total. The van der Waals surface area contributed by atoms with Gasteiger partial charge in [-0.05, 0) is 41.5 Å². The average molecular weight is 492 g/mol. The van der Waals surface area contributed by atoms with Crippen LogP contribution in [-0.4, -0.2) is 58.9 Å². The summed E-state index contributed by atoms with van der Waals surface area (Å²) in [7, 11) is 2.51. The first-order chi connectivity index (χ1) is 15.1. The third-order valence-corrected chi connectivity index (χ3v) is 7.16. The molecule has 0 bridgehead atoms. The Labute approximate surface area is 196 Å². The molecule has 0 saturated carbocycles. The molecule has 0 radical (unpaired) electrons. The zero-order chi connectivity index (χ0) is 23.5. The lowest BCUT2D eigenvalue weighted by Gasteiger charge is -2.13. The maximum Gasteiger partial charge on any atom is 0.287 e. The Kier molecular flexibility index (Phi) is 7.35. The Morgan fingerprint density at radius 3 is 2.19 bits per heavy atom. The van der Waals surface area contributed by atoms with Crippen molar-refractivity contribution >= 4 is 45.2 Å². The second-order valence-corrected chi connectivity index (χ2v) is 10.2. The number of halogens is 1. The van der Waals surface area contributed by atoms with Gasteiger partial charge in [-0.1, -0.05) is 35.9 Å². The van der Waals surface area contributed by atoms with E-state index >= 15 is 0 Å². The minimum Gasteiger partial charge on any atom is -0.368 e. The molecule has 10 heteroatoms. The fraction of sp³-hybridized carbons (Fsp3) is 0.182. The fourth-order valence-corrected chi connectivity index (χ4v) is 4.96. The Morgan fingerprint density at radius 2 is 1.62 bits per heavy atom. The third kappa shape index (κ3) is 5.36. The average Bonchev–Trinajstić information content (AvgIpc) is 3.22. The normalized spacial score (nSPS) is 11.7. The molecule has 3 rings (SSSR count). The van der Waals surface area contributed by atoms with Crippen molar-refractivity contribution in [3.8, 4) is 21.6 Å². The van der Waals surface area contributed by atoms with Crippen LogP contribution in [-0.2, 0) is 14.9 Å². The first kappa shape index (κ1) is 23.9. The van der Waals surface area contributed by atoms with E-state index in [0.29, 0.717) is 21.0 Å². The highest BCUT2D eigenvalue weighted by atomic mass is 35.5. The van der Waals surface area contributed by atoms with E-state index in [2.05, 4.69) is 4.40 Å². The maximum absolute atomic E-state index is 12.9. The summed E-state index contributed by atoms with van der Waals surface area (Å²) in [6.45, 7) is 0. The summed E-state index contributed by atoms with van der Waals surface area (Å²) in [6, 6.07) is 15.5. The van der Waals surface area contributed by atoms with Gasteiger partial charge in [-0.25, -0.2) is 5.06 Å². The summed E-state index contributed by atoms with van der Waals surface area (Å²) in [5, 5.41) is 1.77. The summed E-state index contributed by atoms with van der Waals surface area (Å²) in [4.78, 5) is 20.9. The summed E-state index contributed by atoms with van der Waals surface area (Å²) in [5.74, 6) is -0.306. The van der Waals surface area contributed by atoms with E-state index in [9.17, 15) is 13.2 Å². The van der Waals surface area contributed by atoms with E-state index in [4.69, 9.17) is 16.4 Å². The van der Waals surface area contributed by atoms with Crippen LogP contribution in [0.5, 0.6) is 0 Å². The smallest absolute Gasteiger partial charge is 0.287 e. The van der Waals surface area contributed by atoms with Crippen molar-refractivity contribution in [1.82, 2.24) is 9.96 Å². The molecule has 1 amide bonds. The van der Waals surface area contributed by atoms with E-state index < -0.39 is 10.0 Å². The van der Waals surface area contributed by atoms with Crippen LogP contribution in [0.4, 0.5) is 0 Å². The second-order valence-electron chi connectivity index (χ2n) is 7.03. The molecular weight excluding hydrogens is 470 g/mol. The van der Waals surface area contributed by atoms with Crippen LogP contribution in [0.3, 0.4) is 0 Å². The molecule has 0 saturated heterocycles. The van der Waals surface area contributed by atoms with Crippen LogP contribution >= 0.6 is 22.9 Å². The van der Waals surface area contributed by atoms with Gasteiger partial charge in [0, 0.05) is 36.6 Å². The Balaban J connectivity index is 2.05. The van der Waals surface area contributed by atoms with Crippen LogP contribution in [0, 0.1) is 0 Å². The number of hydroxylamine groups is 2. The third-order valence-electron chi connectivity index (χ3n) is 4.49. The quantitative estimate of drug-likeness (QED) is 0.273. The Morgan fingerprint density at radius 1 is 1.03 bits per heavy atom. The minimum atomic E-state index is -3.82. The number of carbonyl (C=O) groups excluding carboxylic acids is 1. The monoisotopic (exact) mass is 491 g/mol. The minimum absolute atomic E-state index is 0.0643. The Bertz CT molecular complexity index is 1240. The number of hydrogen-bond acceptors (Lipinski definition) is 5. The number of nitrogens with zero attached hydrogens (tertiary/aromatic N) is 3. The highest BCUT2D eigenvalue weighted by Crippen LogP contribution is 2.38. The van der Waals surface area contributed by atoms with Crippen LogP contribution in [0.1, 0.15) is 9.67 Å². The van der Waals surface area contributed by atoms with Gasteiger partial charge >= 0.3 is 0 Å². The molecule has 32 heavy (non-hydrogen) atoms. The second kappa shape index (κ2) is 9.83. The van der Waals surface area contributed by atoms with Gasteiger partial charge in [0.15, 0.2) is 0 Å². The lowest BCUT2D eigenvalue weighted by atomic mass is 10.0. The standard InChI is InChI=1S/C22H22ClN3O4S2/c1-25(2)14-24-32(28,29)18-11-7-15(8-12-18)19-13-20(16-5-9-17(23)10-6-16)31-21(19)22(27)26(3)30-4/h5-14H,1-4H3/b24-14+. The van der Waals surface area contributed by atoms with Crippen molar-refractivity contribution in [2.45, 2.75) is 4.90 Å². The van der Waals surface area contributed by atoms with E-state index in [1.807, 2.05) is 18.2 Å². The van der Waals surface area contributed by atoms with Gasteiger partial charge in [-0.15, -0.1) is 15.7 Å². The summed E-state index contributed by atoms with van der Waals surface area (Å²) < 4.78 is 28.4. The summed E-state index contributed by atoms with van der Waals surface area (Å²) in [5.41, 5.74) is 2.29. The van der Waals surface area contributed by atoms with Crippen molar-refractivity contribution < 1.29 is 18.0 Å². The molecule has 2 aromatic carbocycles. The molecule has 0 unspecified atom stereocenters. The number of carbonyl (C=O) groups is 1. The summed E-state index contributed by atoms with van der Waals surface area (Å²) in [6.07, 6.45) is 1.23. The molecule has 0 aliphatic carbocycles. The zero-order valence-electron chi connectivity index (χ0n) is 17.9. The molecule has 1 aromatic heterocycles. The number of rotatable bonds is 7. The van der Waals surface area contributed by atoms with Crippen LogP contribution < -0.4 is 0 Å². The molecular formula is C22H22ClN3O4S2. The van der Waals surface area contributed by atoms with E-state index in [0.717, 1.165) is 15.5 Å². The van der Waals surface area contributed by atoms with Crippen molar-refractivity contribution in [3.63, 3.8) is 0 Å². The molecule has 3 aromatic rings. The van der Waals surface area contributed by atoms with Crippen molar-refractivity contribution in [2.24, 2.45) is 4.40 Å². The van der Waals surface area contributed by atoms with Crippen LogP contribution in [0.15, 0.2) is 63.9 Å². The first-order valence-corrected chi connectivity index (χ1v) is 12.0. The molecule has 0 fully saturated rings. The Hall–Kier alpha value is -2.72. The van der Waals surface area contributed by atoms with Crippen LogP contribution in [0.2, 0.25) is 5.02 Å². The largest absolute Gasteiger partial charge is 0.368 e. The highest BCUT2D eigenvalue weighted by molar-refractivity contribution is 7.90. The van der Waals surface area contributed by atoms with E-state index in [1.165, 1.54) is 44.0 Å². The number of amides is 1. The number of thiophene rings is 1. The van der Waals surface area contributed by atoms with Crippen molar-refractivity contribution in [1.29, 1.82) is 0 Å². The number of sulfonamides is 1. The van der Waals surface area contributed by atoms with E-state index in [-0.39, 0.29) is 10.8 Å². The van der Waals surface area contributed by atoms with Gasteiger partial charge in [0.25, 0.3) is 15.9 Å². The molecule has 0 spiro atoms. The van der Waals surface area contributed by atoms with Gasteiger partial charge in [0.2, 0.25) is 0 Å². The van der Waals surface area contributed by atoms with Gasteiger partial charge in [-0.3, -0.25) is 9.63 Å². The van der Waals surface area contributed by atoms with Gasteiger partial charge in [0.05, 0.1) is 12.0 Å². The van der Waals surface area contributed by atoms with Gasteiger partial charge in [-0.2, -0.15) is 8.42 Å². The highest BCUT2D eigenvalue weighted by Gasteiger charge is 2.22. The lowest BCUT2D eigenvalue weighted by molar-refractivity contribution is -0.0753. The molecule has 168 valence electrons. The fourth-order valence-electron chi connectivity index (χ4n) is 2.77. The van der Waals surface area contributed by atoms with Crippen molar-refractivity contribution in [2.75, 3.05) is 28.3 Å². The molecule has 1 heterocycles. The predicted octanol–water partition coefficient (Wildman–Crippen LogP) is 4.65. The van der Waals surface area contributed by atoms with E-state index in [1.54, 1.807) is 43.3 Å². The lowest BCUT2D eigenvalue weighted by Crippen LogP contribution is -2.24. The zero-order valence-corrected chi connectivity index (χ0v) is 20.3. The maximum atomic E-state index is 12.9. The SMILES string of the molecule is CON(C)C(=O)c1sc(-c2ccc(Cl)cc2)cc1-c1ccc(S(=O)(=O)/N=C/N(C)C)cc1. The predicted molar refractivity (Wildman–Crippen MR) is 129 cm³/mol. The van der Waals surface area contributed by atoms with Crippen molar-refractivity contribution in [3.05, 3.63) is 64.5 Å². The molecule has 0 aliphatic rings. The molecule has 7 nitrogen and oxygen atoms in total. The van der Waals surface area contributed by atoms with Gasteiger partial charge in [0.1, 0.15) is 11.2 Å².